The lowest BCUT2D eigenvalue weighted by atomic mass is 9.87. The Balaban J connectivity index is 1.81. The van der Waals surface area contributed by atoms with Crippen molar-refractivity contribution in [1.82, 2.24) is 5.32 Å². The number of hydrogen-bond acceptors (Lipinski definition) is 1. The lowest BCUT2D eigenvalue weighted by Gasteiger charge is -2.23. The zero-order valence-electron chi connectivity index (χ0n) is 9.95. The van der Waals surface area contributed by atoms with Crippen molar-refractivity contribution >= 4 is 10.8 Å². The molecule has 1 saturated heterocycles. The first-order chi connectivity index (χ1) is 8.38. The second-order valence-electron chi connectivity index (χ2n) is 5.57. The summed E-state index contributed by atoms with van der Waals surface area (Å²) in [6.07, 6.45) is 2.70. The van der Waals surface area contributed by atoms with Gasteiger partial charge in [0.15, 0.2) is 0 Å². The van der Waals surface area contributed by atoms with Crippen LogP contribution < -0.4 is 5.32 Å². The van der Waals surface area contributed by atoms with Crippen LogP contribution in [0.2, 0.25) is 0 Å². The predicted molar refractivity (Wildman–Crippen MR) is 71.2 cm³/mol. The minimum atomic E-state index is 0.523. The Morgan fingerprint density at radius 2 is 1.94 bits per heavy atom. The van der Waals surface area contributed by atoms with Crippen molar-refractivity contribution in [3.8, 4) is 0 Å². The van der Waals surface area contributed by atoms with Gasteiger partial charge in [-0.2, -0.15) is 0 Å². The van der Waals surface area contributed by atoms with Gasteiger partial charge in [0.25, 0.3) is 0 Å². The lowest BCUT2D eigenvalue weighted by Crippen LogP contribution is -2.31. The van der Waals surface area contributed by atoms with Gasteiger partial charge in [-0.15, -0.1) is 0 Å². The summed E-state index contributed by atoms with van der Waals surface area (Å²) < 4.78 is 0. The van der Waals surface area contributed by atoms with E-state index in [2.05, 4.69) is 47.8 Å². The van der Waals surface area contributed by atoms with Crippen molar-refractivity contribution in [2.45, 2.75) is 18.3 Å². The van der Waals surface area contributed by atoms with Crippen molar-refractivity contribution in [1.29, 1.82) is 0 Å². The van der Waals surface area contributed by atoms with Gasteiger partial charge in [-0.25, -0.2) is 0 Å². The molecule has 2 aromatic carbocycles. The van der Waals surface area contributed by atoms with Crippen LogP contribution in [0.15, 0.2) is 42.5 Å². The van der Waals surface area contributed by atoms with E-state index < -0.39 is 0 Å². The van der Waals surface area contributed by atoms with Crippen molar-refractivity contribution < 1.29 is 0 Å². The largest absolute Gasteiger partial charge is 0.316 e. The first-order valence-corrected chi connectivity index (χ1v) is 6.58. The molecule has 0 amide bonds. The average Bonchev–Trinajstić information content (AvgIpc) is 3.14. The normalized spacial score (nSPS) is 31.2. The molecule has 4 rings (SSSR count). The van der Waals surface area contributed by atoms with Gasteiger partial charge in [-0.3, -0.25) is 0 Å². The number of hydrogen-bond donors (Lipinski definition) is 1. The number of rotatable bonds is 1. The summed E-state index contributed by atoms with van der Waals surface area (Å²) >= 11 is 0. The van der Waals surface area contributed by atoms with Crippen LogP contribution >= 0.6 is 0 Å². The second kappa shape index (κ2) is 3.33. The van der Waals surface area contributed by atoms with Crippen molar-refractivity contribution in [2.24, 2.45) is 5.92 Å². The van der Waals surface area contributed by atoms with E-state index in [4.69, 9.17) is 0 Å². The van der Waals surface area contributed by atoms with Gasteiger partial charge in [0, 0.05) is 5.41 Å². The first kappa shape index (κ1) is 9.67. The van der Waals surface area contributed by atoms with E-state index in [1.165, 1.54) is 36.7 Å². The van der Waals surface area contributed by atoms with E-state index in [9.17, 15) is 0 Å². The zero-order chi connectivity index (χ0) is 11.3. The monoisotopic (exact) mass is 223 g/mol. The van der Waals surface area contributed by atoms with Gasteiger partial charge >= 0.3 is 0 Å². The molecular weight excluding hydrogens is 206 g/mol. The van der Waals surface area contributed by atoms with Crippen LogP contribution in [-0.2, 0) is 5.41 Å². The minimum Gasteiger partial charge on any atom is -0.316 e. The third kappa shape index (κ3) is 1.35. The van der Waals surface area contributed by atoms with Crippen LogP contribution in [-0.4, -0.2) is 13.1 Å². The highest BCUT2D eigenvalue weighted by atomic mass is 14.9. The number of benzene rings is 2. The third-order valence-corrected chi connectivity index (χ3v) is 4.70. The maximum absolute atomic E-state index is 3.51. The van der Waals surface area contributed by atoms with Gasteiger partial charge < -0.3 is 5.32 Å². The maximum Gasteiger partial charge on any atom is 0.000934 e. The number of nitrogens with one attached hydrogen (secondary N) is 1. The van der Waals surface area contributed by atoms with Crippen LogP contribution in [0.3, 0.4) is 0 Å². The second-order valence-corrected chi connectivity index (χ2v) is 5.57. The Labute approximate surface area is 102 Å². The highest BCUT2D eigenvalue weighted by Gasteiger charge is 2.55. The van der Waals surface area contributed by atoms with Crippen molar-refractivity contribution in [3.05, 3.63) is 48.0 Å². The molecule has 0 aromatic heterocycles. The van der Waals surface area contributed by atoms with Crippen LogP contribution in [0.5, 0.6) is 0 Å². The van der Waals surface area contributed by atoms with Crippen molar-refractivity contribution in [2.75, 3.05) is 13.1 Å². The van der Waals surface area contributed by atoms with E-state index >= 15 is 0 Å². The summed E-state index contributed by atoms with van der Waals surface area (Å²) in [5.41, 5.74) is 2.10. The number of fused-ring (bicyclic) bond motifs is 2. The predicted octanol–water partition coefficient (Wildman–Crippen LogP) is 3.09. The maximum atomic E-state index is 3.51. The standard InChI is InChI=1S/C16H17N/c1-2-4-13-9-14(6-5-12(13)3-1)16-7-8-17-11-15(16)10-16/h1-6,9,15,17H,7-8,10-11H2. The third-order valence-electron chi connectivity index (χ3n) is 4.70. The quantitative estimate of drug-likeness (QED) is 0.783. The fourth-order valence-electron chi connectivity index (χ4n) is 3.54. The van der Waals surface area contributed by atoms with Gasteiger partial charge in [0.1, 0.15) is 0 Å². The highest BCUT2D eigenvalue weighted by Crippen LogP contribution is 2.57. The molecule has 1 saturated carbocycles. The molecule has 1 N–H and O–H groups in total. The Kier molecular flexibility index (Phi) is 1.89. The highest BCUT2D eigenvalue weighted by molar-refractivity contribution is 5.83. The summed E-state index contributed by atoms with van der Waals surface area (Å²) in [6, 6.07) is 15.7. The summed E-state index contributed by atoms with van der Waals surface area (Å²) in [5.74, 6) is 0.886. The van der Waals surface area contributed by atoms with E-state index in [0.29, 0.717) is 5.41 Å². The van der Waals surface area contributed by atoms with Crippen LogP contribution in [0.1, 0.15) is 18.4 Å². The van der Waals surface area contributed by atoms with E-state index in [0.717, 1.165) is 5.92 Å². The number of piperidine rings is 1. The molecule has 2 fully saturated rings. The van der Waals surface area contributed by atoms with E-state index in [1.54, 1.807) is 5.56 Å². The Morgan fingerprint density at radius 1 is 1.06 bits per heavy atom. The molecule has 2 atom stereocenters. The molecular formula is C16H17N. The molecule has 1 heteroatoms. The Hall–Kier alpha value is -1.34. The summed E-state index contributed by atoms with van der Waals surface area (Å²) in [7, 11) is 0. The van der Waals surface area contributed by atoms with Crippen molar-refractivity contribution in [3.63, 3.8) is 0 Å². The lowest BCUT2D eigenvalue weighted by molar-refractivity contribution is 0.445. The molecule has 0 spiro atoms. The smallest absolute Gasteiger partial charge is 0.000934 e. The van der Waals surface area contributed by atoms with Gasteiger partial charge in [-0.1, -0.05) is 42.5 Å². The van der Waals surface area contributed by atoms with Gasteiger partial charge in [0.2, 0.25) is 0 Å². The molecule has 1 heterocycles. The average molecular weight is 223 g/mol. The molecule has 1 aliphatic carbocycles. The molecule has 0 bridgehead atoms. The minimum absolute atomic E-state index is 0.523. The zero-order valence-corrected chi connectivity index (χ0v) is 9.95. The van der Waals surface area contributed by atoms with Gasteiger partial charge in [0.05, 0.1) is 0 Å². The topological polar surface area (TPSA) is 12.0 Å². The molecule has 1 aliphatic heterocycles. The van der Waals surface area contributed by atoms with Crippen LogP contribution in [0.25, 0.3) is 10.8 Å². The first-order valence-electron chi connectivity index (χ1n) is 6.58. The Morgan fingerprint density at radius 3 is 2.82 bits per heavy atom. The molecule has 17 heavy (non-hydrogen) atoms. The molecule has 1 nitrogen and oxygen atoms in total. The van der Waals surface area contributed by atoms with E-state index in [1.807, 2.05) is 0 Å². The molecule has 86 valence electrons. The molecule has 2 aliphatic rings. The van der Waals surface area contributed by atoms with Crippen LogP contribution in [0, 0.1) is 5.92 Å². The summed E-state index contributed by atoms with van der Waals surface area (Å²) in [4.78, 5) is 0. The van der Waals surface area contributed by atoms with Crippen LogP contribution in [0.4, 0.5) is 0 Å². The summed E-state index contributed by atoms with van der Waals surface area (Å²) in [5, 5.41) is 6.26. The van der Waals surface area contributed by atoms with Gasteiger partial charge in [-0.05, 0) is 48.2 Å². The molecule has 2 unspecified atom stereocenters. The SMILES string of the molecule is c1ccc2cc(C34CCNCC3C4)ccc2c1. The fraction of sp³-hybridized carbons (Fsp3) is 0.375. The fourth-order valence-corrected chi connectivity index (χ4v) is 3.54. The Bertz CT molecular complexity index is 575. The van der Waals surface area contributed by atoms with E-state index in [-0.39, 0.29) is 0 Å². The molecule has 2 aromatic rings. The summed E-state index contributed by atoms with van der Waals surface area (Å²) in [6.45, 7) is 2.40. The molecule has 0 radical (unpaired) electrons.